The zero-order valence-electron chi connectivity index (χ0n) is 17.7. The normalized spacial score (nSPS) is 14.9. The highest BCUT2D eigenvalue weighted by Gasteiger charge is 2.15. The van der Waals surface area contributed by atoms with Gasteiger partial charge in [0.05, 0.1) is 44.6 Å². The van der Waals surface area contributed by atoms with Gasteiger partial charge in [0.25, 0.3) is 0 Å². The van der Waals surface area contributed by atoms with Gasteiger partial charge in [-0.2, -0.15) is 10.2 Å². The average Bonchev–Trinajstić information content (AvgIpc) is 3.41. The van der Waals surface area contributed by atoms with Crippen molar-refractivity contribution in [2.45, 2.75) is 13.0 Å². The molecule has 4 aromatic rings. The summed E-state index contributed by atoms with van der Waals surface area (Å²) in [6.45, 7) is 4.33. The summed E-state index contributed by atoms with van der Waals surface area (Å²) in [5, 5.41) is 8.98. The van der Waals surface area contributed by atoms with E-state index in [4.69, 9.17) is 14.6 Å². The number of fused-ring (bicyclic) bond motifs is 1. The molecule has 160 valence electrons. The van der Waals surface area contributed by atoms with E-state index in [1.165, 1.54) is 5.56 Å². The third-order valence-corrected chi connectivity index (χ3v) is 5.50. The minimum absolute atomic E-state index is 0.613. The van der Waals surface area contributed by atoms with Crippen LogP contribution in [0.3, 0.4) is 0 Å². The van der Waals surface area contributed by atoms with Gasteiger partial charge in [0.15, 0.2) is 11.5 Å². The Hall–Kier alpha value is -3.30. The van der Waals surface area contributed by atoms with Gasteiger partial charge in [-0.3, -0.25) is 14.6 Å². The monoisotopic (exact) mass is 419 g/mol. The van der Waals surface area contributed by atoms with Crippen LogP contribution in [0, 0.1) is 0 Å². The Kier molecular flexibility index (Phi) is 5.35. The van der Waals surface area contributed by atoms with Crippen molar-refractivity contribution in [3.8, 4) is 17.0 Å². The second-order valence-corrected chi connectivity index (χ2v) is 7.70. The number of aryl methyl sites for hydroxylation is 1. The van der Waals surface area contributed by atoms with Gasteiger partial charge in [-0.15, -0.1) is 0 Å². The van der Waals surface area contributed by atoms with E-state index in [9.17, 15) is 0 Å². The van der Waals surface area contributed by atoms with Crippen molar-refractivity contribution in [2.75, 3.05) is 33.4 Å². The molecule has 1 saturated heterocycles. The van der Waals surface area contributed by atoms with Crippen LogP contribution in [-0.2, 0) is 24.8 Å². The molecule has 1 fully saturated rings. The van der Waals surface area contributed by atoms with Crippen molar-refractivity contribution in [3.63, 3.8) is 0 Å². The number of rotatable bonds is 6. The Morgan fingerprint density at radius 3 is 2.77 bits per heavy atom. The molecule has 0 atom stereocenters. The number of methoxy groups -OCH3 is 1. The van der Waals surface area contributed by atoms with Crippen molar-refractivity contribution in [2.24, 2.45) is 7.05 Å². The standard InChI is InChI=1S/C22H25N7O2/c1-27-14-18(11-24-27)19-12-23-13-22-25-21(26-29(19)22)10-16-3-4-17(20(9-16)30-2)15-28-5-7-31-8-6-28/h3-4,9,11-14H,5-8,10,15H2,1-2H3. The maximum absolute atomic E-state index is 5.68. The third kappa shape index (κ3) is 4.14. The fraction of sp³-hybridized carbons (Fsp3) is 0.364. The molecule has 1 aromatic carbocycles. The Labute approximate surface area is 180 Å². The van der Waals surface area contributed by atoms with E-state index >= 15 is 0 Å². The van der Waals surface area contributed by atoms with E-state index < -0.39 is 0 Å². The molecule has 4 heterocycles. The Morgan fingerprint density at radius 1 is 1.13 bits per heavy atom. The highest BCUT2D eigenvalue weighted by molar-refractivity contribution is 5.59. The number of hydrogen-bond acceptors (Lipinski definition) is 7. The molecule has 1 aliphatic heterocycles. The summed E-state index contributed by atoms with van der Waals surface area (Å²) in [7, 11) is 3.61. The van der Waals surface area contributed by atoms with Crippen LogP contribution in [0.2, 0.25) is 0 Å². The maximum Gasteiger partial charge on any atom is 0.174 e. The maximum atomic E-state index is 5.68. The van der Waals surface area contributed by atoms with Gasteiger partial charge in [-0.25, -0.2) is 9.50 Å². The molecule has 0 amide bonds. The van der Waals surface area contributed by atoms with Crippen molar-refractivity contribution in [1.82, 2.24) is 34.3 Å². The van der Waals surface area contributed by atoms with Crippen molar-refractivity contribution in [3.05, 3.63) is 59.9 Å². The molecule has 9 heteroatoms. The van der Waals surface area contributed by atoms with Gasteiger partial charge in [-0.1, -0.05) is 12.1 Å². The van der Waals surface area contributed by atoms with Crippen LogP contribution < -0.4 is 4.74 Å². The van der Waals surface area contributed by atoms with E-state index in [2.05, 4.69) is 38.2 Å². The number of hydrogen-bond donors (Lipinski definition) is 0. The molecule has 0 radical (unpaired) electrons. The van der Waals surface area contributed by atoms with E-state index in [-0.39, 0.29) is 0 Å². The Bertz CT molecular complexity index is 1190. The van der Waals surface area contributed by atoms with Gasteiger partial charge in [0, 0.05) is 50.4 Å². The lowest BCUT2D eigenvalue weighted by Gasteiger charge is -2.27. The largest absolute Gasteiger partial charge is 0.496 e. The predicted octanol–water partition coefficient (Wildman–Crippen LogP) is 1.96. The van der Waals surface area contributed by atoms with Crippen LogP contribution in [0.1, 0.15) is 17.0 Å². The molecular formula is C22H25N7O2. The van der Waals surface area contributed by atoms with Crippen molar-refractivity contribution < 1.29 is 9.47 Å². The summed E-state index contributed by atoms with van der Waals surface area (Å²) in [6.07, 6.45) is 7.86. The molecule has 0 bridgehead atoms. The fourth-order valence-corrected chi connectivity index (χ4v) is 3.90. The smallest absolute Gasteiger partial charge is 0.174 e. The summed E-state index contributed by atoms with van der Waals surface area (Å²) in [5.41, 5.74) is 4.81. The Morgan fingerprint density at radius 2 is 2.00 bits per heavy atom. The lowest BCUT2D eigenvalue weighted by atomic mass is 10.1. The molecule has 5 rings (SSSR count). The zero-order valence-corrected chi connectivity index (χ0v) is 17.7. The molecule has 0 N–H and O–H groups in total. The van der Waals surface area contributed by atoms with Crippen LogP contribution >= 0.6 is 0 Å². The second-order valence-electron chi connectivity index (χ2n) is 7.70. The van der Waals surface area contributed by atoms with Gasteiger partial charge in [0.2, 0.25) is 0 Å². The highest BCUT2D eigenvalue weighted by Crippen LogP contribution is 2.24. The third-order valence-electron chi connectivity index (χ3n) is 5.50. The summed E-state index contributed by atoms with van der Waals surface area (Å²) >= 11 is 0. The zero-order chi connectivity index (χ0) is 21.2. The Balaban J connectivity index is 1.39. The summed E-state index contributed by atoms with van der Waals surface area (Å²) in [5.74, 6) is 1.63. The molecule has 0 unspecified atom stereocenters. The van der Waals surface area contributed by atoms with Crippen molar-refractivity contribution >= 4 is 5.65 Å². The molecule has 0 aliphatic carbocycles. The first-order valence-corrected chi connectivity index (χ1v) is 10.3. The number of benzene rings is 1. The van der Waals surface area contributed by atoms with Crippen LogP contribution in [0.25, 0.3) is 16.9 Å². The number of nitrogens with zero attached hydrogens (tertiary/aromatic N) is 7. The van der Waals surface area contributed by atoms with Gasteiger partial charge >= 0.3 is 0 Å². The molecule has 1 aliphatic rings. The number of morpholine rings is 1. The van der Waals surface area contributed by atoms with Crippen LogP contribution in [0.4, 0.5) is 0 Å². The summed E-state index contributed by atoms with van der Waals surface area (Å²) in [4.78, 5) is 11.4. The van der Waals surface area contributed by atoms with E-state index in [0.29, 0.717) is 12.1 Å². The summed E-state index contributed by atoms with van der Waals surface area (Å²) in [6, 6.07) is 6.36. The van der Waals surface area contributed by atoms with Gasteiger partial charge in [0.1, 0.15) is 5.75 Å². The highest BCUT2D eigenvalue weighted by atomic mass is 16.5. The number of ether oxygens (including phenoxy) is 2. The topological polar surface area (TPSA) is 82.6 Å². The molecule has 31 heavy (non-hydrogen) atoms. The van der Waals surface area contributed by atoms with Crippen LogP contribution in [0.15, 0.2) is 43.0 Å². The van der Waals surface area contributed by atoms with E-state index in [1.54, 1.807) is 30.4 Å². The molecule has 0 spiro atoms. The van der Waals surface area contributed by atoms with Gasteiger partial charge < -0.3 is 9.47 Å². The molecule has 0 saturated carbocycles. The fourth-order valence-electron chi connectivity index (χ4n) is 3.90. The first-order valence-electron chi connectivity index (χ1n) is 10.3. The summed E-state index contributed by atoms with van der Waals surface area (Å²) < 4.78 is 14.7. The van der Waals surface area contributed by atoms with Crippen LogP contribution in [0.5, 0.6) is 5.75 Å². The molecule has 3 aromatic heterocycles. The van der Waals surface area contributed by atoms with Crippen LogP contribution in [-0.4, -0.2) is 67.7 Å². The van der Waals surface area contributed by atoms with E-state index in [1.807, 2.05) is 17.8 Å². The first-order chi connectivity index (χ1) is 15.2. The number of aromatic nitrogens is 6. The van der Waals surface area contributed by atoms with Crippen molar-refractivity contribution in [1.29, 1.82) is 0 Å². The quantitative estimate of drug-likeness (QED) is 0.472. The average molecular weight is 419 g/mol. The first kappa shape index (κ1) is 19.7. The lowest BCUT2D eigenvalue weighted by Crippen LogP contribution is -2.35. The SMILES string of the molecule is COc1cc(Cc2nc3cncc(-c4cnn(C)c4)n3n2)ccc1CN1CCOCC1. The van der Waals surface area contributed by atoms with E-state index in [0.717, 1.165) is 61.2 Å². The predicted molar refractivity (Wildman–Crippen MR) is 115 cm³/mol. The second kappa shape index (κ2) is 8.44. The minimum Gasteiger partial charge on any atom is -0.496 e. The minimum atomic E-state index is 0.613. The lowest BCUT2D eigenvalue weighted by molar-refractivity contribution is 0.0339. The molecule has 9 nitrogen and oxygen atoms in total. The molecular weight excluding hydrogens is 394 g/mol. The van der Waals surface area contributed by atoms with Gasteiger partial charge in [-0.05, 0) is 11.6 Å².